The standard InChI is InChI=1S/C16H22N4/c1-2-11-8-17-14-13(11)15(20-10-19-14)18-9-12-4-3-5-16(12)6-7-16/h8,10,12H,2-7,9H2,1H3,(H2,17,18,19,20). The largest absolute Gasteiger partial charge is 0.369 e. The van der Waals surface area contributed by atoms with Crippen molar-refractivity contribution in [3.05, 3.63) is 18.1 Å². The van der Waals surface area contributed by atoms with Gasteiger partial charge in [-0.15, -0.1) is 0 Å². The van der Waals surface area contributed by atoms with Crippen molar-refractivity contribution in [2.75, 3.05) is 11.9 Å². The van der Waals surface area contributed by atoms with Gasteiger partial charge in [0.15, 0.2) is 0 Å². The molecule has 2 aliphatic rings. The van der Waals surface area contributed by atoms with Gasteiger partial charge in [0, 0.05) is 12.7 Å². The molecule has 2 heterocycles. The van der Waals surface area contributed by atoms with Crippen LogP contribution in [0.3, 0.4) is 0 Å². The van der Waals surface area contributed by atoms with Crippen LogP contribution in [0.25, 0.3) is 11.0 Å². The first-order valence-electron chi connectivity index (χ1n) is 7.87. The van der Waals surface area contributed by atoms with E-state index >= 15 is 0 Å². The second-order valence-electron chi connectivity index (χ2n) is 6.45. The molecule has 1 atom stereocenters. The Labute approximate surface area is 119 Å². The topological polar surface area (TPSA) is 53.6 Å². The van der Waals surface area contributed by atoms with Crippen LogP contribution in [0.2, 0.25) is 0 Å². The van der Waals surface area contributed by atoms with Crippen molar-refractivity contribution in [2.24, 2.45) is 11.3 Å². The van der Waals surface area contributed by atoms with Crippen LogP contribution >= 0.6 is 0 Å². The zero-order chi connectivity index (χ0) is 13.6. The van der Waals surface area contributed by atoms with Gasteiger partial charge >= 0.3 is 0 Å². The second kappa shape index (κ2) is 4.47. The van der Waals surface area contributed by atoms with E-state index < -0.39 is 0 Å². The number of aromatic nitrogens is 3. The first-order valence-corrected chi connectivity index (χ1v) is 7.87. The zero-order valence-electron chi connectivity index (χ0n) is 12.1. The normalized spacial score (nSPS) is 23.6. The Morgan fingerprint density at radius 3 is 3.05 bits per heavy atom. The number of hydrogen-bond acceptors (Lipinski definition) is 3. The molecule has 4 rings (SSSR count). The predicted molar refractivity (Wildman–Crippen MR) is 80.8 cm³/mol. The van der Waals surface area contributed by atoms with Gasteiger partial charge in [-0.3, -0.25) is 0 Å². The van der Waals surface area contributed by atoms with Crippen molar-refractivity contribution in [3.8, 4) is 0 Å². The van der Waals surface area contributed by atoms with Crippen LogP contribution in [0.5, 0.6) is 0 Å². The molecule has 0 bridgehead atoms. The molecular weight excluding hydrogens is 248 g/mol. The van der Waals surface area contributed by atoms with E-state index in [0.717, 1.165) is 30.3 Å². The van der Waals surface area contributed by atoms with Crippen LogP contribution in [-0.4, -0.2) is 21.5 Å². The van der Waals surface area contributed by atoms with Gasteiger partial charge in [-0.25, -0.2) is 9.97 Å². The molecule has 20 heavy (non-hydrogen) atoms. The van der Waals surface area contributed by atoms with Crippen molar-refractivity contribution in [1.29, 1.82) is 0 Å². The van der Waals surface area contributed by atoms with Crippen LogP contribution in [0.1, 0.15) is 44.6 Å². The molecule has 4 nitrogen and oxygen atoms in total. The van der Waals surface area contributed by atoms with Crippen molar-refractivity contribution in [3.63, 3.8) is 0 Å². The van der Waals surface area contributed by atoms with Crippen molar-refractivity contribution in [1.82, 2.24) is 15.0 Å². The molecule has 2 aromatic rings. The lowest BCUT2D eigenvalue weighted by molar-refractivity contribution is 0.382. The average molecular weight is 270 g/mol. The molecule has 2 N–H and O–H groups in total. The summed E-state index contributed by atoms with van der Waals surface area (Å²) in [6.07, 6.45) is 11.9. The Morgan fingerprint density at radius 2 is 2.25 bits per heavy atom. The lowest BCUT2D eigenvalue weighted by Gasteiger charge is -2.19. The van der Waals surface area contributed by atoms with E-state index in [1.165, 1.54) is 43.1 Å². The van der Waals surface area contributed by atoms with Crippen LogP contribution in [0, 0.1) is 11.3 Å². The molecular formula is C16H22N4. The summed E-state index contributed by atoms with van der Waals surface area (Å²) in [6, 6.07) is 0. The fraction of sp³-hybridized carbons (Fsp3) is 0.625. The van der Waals surface area contributed by atoms with Crippen LogP contribution in [0.15, 0.2) is 12.5 Å². The molecule has 4 heteroatoms. The van der Waals surface area contributed by atoms with Crippen LogP contribution in [-0.2, 0) is 6.42 Å². The predicted octanol–water partition coefficient (Wildman–Crippen LogP) is 3.51. The maximum absolute atomic E-state index is 4.47. The first kappa shape index (κ1) is 12.2. The summed E-state index contributed by atoms with van der Waals surface area (Å²) in [7, 11) is 0. The van der Waals surface area contributed by atoms with E-state index in [1.807, 2.05) is 0 Å². The third kappa shape index (κ3) is 1.81. The molecule has 1 spiro atoms. The minimum atomic E-state index is 0.699. The SMILES string of the molecule is CCc1c[nH]c2ncnc(NCC3CCCC34CC4)c12. The minimum absolute atomic E-state index is 0.699. The van der Waals surface area contributed by atoms with Crippen molar-refractivity contribution in [2.45, 2.75) is 45.4 Å². The van der Waals surface area contributed by atoms with Gasteiger partial charge < -0.3 is 10.3 Å². The van der Waals surface area contributed by atoms with Gasteiger partial charge in [-0.1, -0.05) is 13.3 Å². The number of nitrogens with one attached hydrogen (secondary N) is 2. The molecule has 2 aromatic heterocycles. The quantitative estimate of drug-likeness (QED) is 0.894. The molecule has 2 aliphatic carbocycles. The van der Waals surface area contributed by atoms with E-state index in [-0.39, 0.29) is 0 Å². The van der Waals surface area contributed by atoms with Crippen LogP contribution < -0.4 is 5.32 Å². The highest BCUT2D eigenvalue weighted by atomic mass is 15.0. The van der Waals surface area contributed by atoms with E-state index in [9.17, 15) is 0 Å². The molecule has 0 saturated heterocycles. The van der Waals surface area contributed by atoms with Gasteiger partial charge in [0.25, 0.3) is 0 Å². The summed E-state index contributed by atoms with van der Waals surface area (Å²) in [6.45, 7) is 3.25. The van der Waals surface area contributed by atoms with Gasteiger partial charge in [-0.05, 0) is 49.0 Å². The fourth-order valence-corrected chi connectivity index (χ4v) is 4.01. The minimum Gasteiger partial charge on any atom is -0.369 e. The average Bonchev–Trinajstić information content (AvgIpc) is 2.96. The van der Waals surface area contributed by atoms with Crippen molar-refractivity contribution >= 4 is 16.9 Å². The number of rotatable bonds is 4. The molecule has 2 saturated carbocycles. The number of aryl methyl sites for hydroxylation is 1. The number of hydrogen-bond donors (Lipinski definition) is 2. The first-order chi connectivity index (χ1) is 9.82. The van der Waals surface area contributed by atoms with E-state index in [1.54, 1.807) is 6.33 Å². The van der Waals surface area contributed by atoms with Gasteiger partial charge in [-0.2, -0.15) is 0 Å². The summed E-state index contributed by atoms with van der Waals surface area (Å²) >= 11 is 0. The Bertz CT molecular complexity index is 626. The molecule has 2 fully saturated rings. The van der Waals surface area contributed by atoms with Crippen LogP contribution in [0.4, 0.5) is 5.82 Å². The van der Waals surface area contributed by atoms with E-state index in [4.69, 9.17) is 0 Å². The maximum atomic E-state index is 4.47. The van der Waals surface area contributed by atoms with Gasteiger partial charge in [0.05, 0.1) is 5.39 Å². The van der Waals surface area contributed by atoms with Gasteiger partial charge in [0.2, 0.25) is 0 Å². The zero-order valence-corrected chi connectivity index (χ0v) is 12.1. The fourth-order valence-electron chi connectivity index (χ4n) is 4.01. The summed E-state index contributed by atoms with van der Waals surface area (Å²) < 4.78 is 0. The van der Waals surface area contributed by atoms with Gasteiger partial charge in [0.1, 0.15) is 17.8 Å². The second-order valence-corrected chi connectivity index (χ2v) is 6.45. The molecule has 0 aliphatic heterocycles. The summed E-state index contributed by atoms with van der Waals surface area (Å²) in [5, 5.41) is 4.79. The highest BCUT2D eigenvalue weighted by Crippen LogP contribution is 2.61. The monoisotopic (exact) mass is 270 g/mol. The highest BCUT2D eigenvalue weighted by molar-refractivity contribution is 5.90. The maximum Gasteiger partial charge on any atom is 0.143 e. The molecule has 106 valence electrons. The number of aromatic amines is 1. The summed E-state index contributed by atoms with van der Waals surface area (Å²) in [4.78, 5) is 12.0. The summed E-state index contributed by atoms with van der Waals surface area (Å²) in [5.41, 5.74) is 2.95. The lowest BCUT2D eigenvalue weighted by atomic mass is 9.93. The van der Waals surface area contributed by atoms with E-state index in [0.29, 0.717) is 5.41 Å². The lowest BCUT2D eigenvalue weighted by Crippen LogP contribution is -2.19. The smallest absolute Gasteiger partial charge is 0.143 e. The number of H-pyrrole nitrogens is 1. The molecule has 0 amide bonds. The molecule has 0 radical (unpaired) electrons. The molecule has 0 aromatic carbocycles. The Morgan fingerprint density at radius 1 is 1.35 bits per heavy atom. The third-order valence-electron chi connectivity index (χ3n) is 5.43. The number of anilines is 1. The summed E-state index contributed by atoms with van der Waals surface area (Å²) in [5.74, 6) is 1.85. The third-order valence-corrected chi connectivity index (χ3v) is 5.43. The number of fused-ring (bicyclic) bond motifs is 1. The Balaban J connectivity index is 1.58. The van der Waals surface area contributed by atoms with Crippen molar-refractivity contribution < 1.29 is 0 Å². The Hall–Kier alpha value is -1.58. The number of nitrogens with zero attached hydrogens (tertiary/aromatic N) is 2. The van der Waals surface area contributed by atoms with E-state index in [2.05, 4.69) is 33.4 Å². The molecule has 1 unspecified atom stereocenters. The highest BCUT2D eigenvalue weighted by Gasteiger charge is 2.51. The Kier molecular flexibility index (Phi) is 2.72.